The lowest BCUT2D eigenvalue weighted by atomic mass is 10.1. The number of aromatic carboxylic acids is 1. The third-order valence-corrected chi connectivity index (χ3v) is 2.86. The van der Waals surface area contributed by atoms with Crippen molar-refractivity contribution in [2.75, 3.05) is 0 Å². The number of allylic oxidation sites excluding steroid dienone is 1. The zero-order chi connectivity index (χ0) is 14.2. The molecule has 0 aliphatic carbocycles. The van der Waals surface area contributed by atoms with Gasteiger partial charge in [-0.15, -0.1) is 0 Å². The number of carbonyl (C=O) groups is 1. The van der Waals surface area contributed by atoms with E-state index in [0.29, 0.717) is 12.2 Å². The summed E-state index contributed by atoms with van der Waals surface area (Å²) >= 11 is 0. The number of carboxylic acids is 1. The maximum Gasteiger partial charge on any atom is 0.0964 e. The fourth-order valence-corrected chi connectivity index (χ4v) is 2.03. The molecule has 2 aromatic rings. The minimum Gasteiger partial charge on any atom is -0.543 e. The van der Waals surface area contributed by atoms with Crippen LogP contribution in [0.2, 0.25) is 0 Å². The number of aromatic nitrogens is 4. The Balaban J connectivity index is 2.46. The Morgan fingerprint density at radius 3 is 2.74 bits per heavy atom. The molecule has 0 fully saturated rings. The Hall–Kier alpha value is -2.37. The third kappa shape index (κ3) is 2.42. The average Bonchev–Trinajstić information content (AvgIpc) is 2.85. The molecule has 0 saturated heterocycles. The second-order valence-electron chi connectivity index (χ2n) is 4.61. The monoisotopic (exact) mass is 259 g/mol. The standard InChI is InChI=1S/C13H16N4O2/c1-7(2)6-17-9(4)12(8(3)16-17)10-5-11(13(18)19)15-14-10/h5H,1,6H2,2-4H3,(H,14,15)(H,18,19)/p-1. The van der Waals surface area contributed by atoms with Crippen molar-refractivity contribution >= 4 is 5.97 Å². The van der Waals surface area contributed by atoms with E-state index in [1.165, 1.54) is 6.07 Å². The van der Waals surface area contributed by atoms with E-state index < -0.39 is 5.97 Å². The van der Waals surface area contributed by atoms with Gasteiger partial charge in [-0.05, 0) is 26.8 Å². The number of carboxylic acid groups (broad SMARTS) is 1. The molecule has 0 unspecified atom stereocenters. The molecule has 2 rings (SSSR count). The Morgan fingerprint density at radius 1 is 1.53 bits per heavy atom. The van der Waals surface area contributed by atoms with E-state index in [4.69, 9.17) is 0 Å². The molecule has 0 amide bonds. The van der Waals surface area contributed by atoms with Crippen molar-refractivity contribution in [1.82, 2.24) is 20.0 Å². The molecule has 6 nitrogen and oxygen atoms in total. The van der Waals surface area contributed by atoms with Gasteiger partial charge >= 0.3 is 0 Å². The molecule has 0 aliphatic rings. The smallest absolute Gasteiger partial charge is 0.0964 e. The van der Waals surface area contributed by atoms with E-state index in [1.54, 1.807) is 0 Å². The number of rotatable bonds is 4. The van der Waals surface area contributed by atoms with Gasteiger partial charge in [0.25, 0.3) is 0 Å². The number of carbonyl (C=O) groups excluding carboxylic acids is 1. The highest BCUT2D eigenvalue weighted by Crippen LogP contribution is 2.25. The first-order valence-electron chi connectivity index (χ1n) is 5.85. The second-order valence-corrected chi connectivity index (χ2v) is 4.61. The van der Waals surface area contributed by atoms with Crippen molar-refractivity contribution in [3.05, 3.63) is 35.3 Å². The Kier molecular flexibility index (Phi) is 3.25. The van der Waals surface area contributed by atoms with Crippen LogP contribution in [0.15, 0.2) is 18.2 Å². The van der Waals surface area contributed by atoms with Gasteiger partial charge in [0.05, 0.1) is 29.6 Å². The molecule has 0 radical (unpaired) electrons. The molecular weight excluding hydrogens is 244 g/mol. The first kappa shape index (κ1) is 13.1. The summed E-state index contributed by atoms with van der Waals surface area (Å²) in [6.07, 6.45) is 0. The van der Waals surface area contributed by atoms with Gasteiger partial charge in [0.1, 0.15) is 0 Å². The average molecular weight is 259 g/mol. The number of aryl methyl sites for hydroxylation is 1. The number of nitrogens with zero attached hydrogens (tertiary/aromatic N) is 3. The first-order valence-corrected chi connectivity index (χ1v) is 5.85. The van der Waals surface area contributed by atoms with Crippen LogP contribution in [0.1, 0.15) is 28.8 Å². The van der Waals surface area contributed by atoms with E-state index in [9.17, 15) is 9.90 Å². The van der Waals surface area contributed by atoms with Gasteiger partial charge in [-0.3, -0.25) is 9.78 Å². The highest BCUT2D eigenvalue weighted by molar-refractivity contribution is 5.85. The van der Waals surface area contributed by atoms with Crippen LogP contribution in [-0.2, 0) is 6.54 Å². The maximum absolute atomic E-state index is 10.8. The molecule has 0 atom stereocenters. The minimum atomic E-state index is -1.27. The van der Waals surface area contributed by atoms with Gasteiger partial charge in [0.2, 0.25) is 0 Å². The van der Waals surface area contributed by atoms with Gasteiger partial charge in [0, 0.05) is 11.3 Å². The second kappa shape index (κ2) is 4.72. The first-order chi connectivity index (χ1) is 8.90. The fraction of sp³-hybridized carbons (Fsp3) is 0.308. The fourth-order valence-electron chi connectivity index (χ4n) is 2.03. The molecule has 100 valence electrons. The van der Waals surface area contributed by atoms with Crippen molar-refractivity contribution in [1.29, 1.82) is 0 Å². The van der Waals surface area contributed by atoms with Crippen LogP contribution in [0.3, 0.4) is 0 Å². The molecule has 0 saturated carbocycles. The summed E-state index contributed by atoms with van der Waals surface area (Å²) in [5.74, 6) is -1.27. The SMILES string of the molecule is C=C(C)Cn1nc(C)c(-c2cc(C(=O)[O-])[nH]n2)c1C. The van der Waals surface area contributed by atoms with E-state index in [2.05, 4.69) is 21.9 Å². The van der Waals surface area contributed by atoms with E-state index in [0.717, 1.165) is 22.5 Å². The Morgan fingerprint density at radius 2 is 2.21 bits per heavy atom. The predicted molar refractivity (Wildman–Crippen MR) is 68.4 cm³/mol. The van der Waals surface area contributed by atoms with Crippen LogP contribution >= 0.6 is 0 Å². The summed E-state index contributed by atoms with van der Waals surface area (Å²) in [4.78, 5) is 10.8. The largest absolute Gasteiger partial charge is 0.543 e. The summed E-state index contributed by atoms with van der Waals surface area (Å²) in [5, 5.41) is 21.6. The van der Waals surface area contributed by atoms with Crippen LogP contribution in [0, 0.1) is 13.8 Å². The van der Waals surface area contributed by atoms with Gasteiger partial charge in [0.15, 0.2) is 0 Å². The lowest BCUT2D eigenvalue weighted by Gasteiger charge is -2.03. The van der Waals surface area contributed by atoms with Crippen LogP contribution in [0.4, 0.5) is 0 Å². The van der Waals surface area contributed by atoms with Crippen molar-refractivity contribution < 1.29 is 9.90 Å². The van der Waals surface area contributed by atoms with E-state index >= 15 is 0 Å². The van der Waals surface area contributed by atoms with Crippen LogP contribution in [0.5, 0.6) is 0 Å². The molecular formula is C13H15N4O2-. The summed E-state index contributed by atoms with van der Waals surface area (Å²) in [6, 6.07) is 1.46. The molecule has 6 heteroatoms. The van der Waals surface area contributed by atoms with Crippen molar-refractivity contribution in [2.24, 2.45) is 0 Å². The van der Waals surface area contributed by atoms with Gasteiger partial charge in [-0.1, -0.05) is 12.2 Å². The van der Waals surface area contributed by atoms with Crippen LogP contribution < -0.4 is 5.11 Å². The molecule has 1 N–H and O–H groups in total. The highest BCUT2D eigenvalue weighted by Gasteiger charge is 2.16. The molecule has 0 aromatic carbocycles. The lowest BCUT2D eigenvalue weighted by Crippen LogP contribution is -2.22. The number of hydrogen-bond acceptors (Lipinski definition) is 4. The molecule has 19 heavy (non-hydrogen) atoms. The van der Waals surface area contributed by atoms with Crippen LogP contribution in [-0.4, -0.2) is 25.9 Å². The summed E-state index contributed by atoms with van der Waals surface area (Å²) in [7, 11) is 0. The van der Waals surface area contributed by atoms with Gasteiger partial charge in [-0.25, -0.2) is 0 Å². The Bertz CT molecular complexity index is 652. The van der Waals surface area contributed by atoms with E-state index in [1.807, 2.05) is 25.5 Å². The highest BCUT2D eigenvalue weighted by atomic mass is 16.4. The quantitative estimate of drug-likeness (QED) is 0.824. The summed E-state index contributed by atoms with van der Waals surface area (Å²) in [5.41, 5.74) is 4.08. The van der Waals surface area contributed by atoms with E-state index in [-0.39, 0.29) is 5.69 Å². The topological polar surface area (TPSA) is 86.6 Å². The summed E-state index contributed by atoms with van der Waals surface area (Å²) < 4.78 is 1.83. The van der Waals surface area contributed by atoms with Crippen molar-refractivity contribution in [3.8, 4) is 11.3 Å². The third-order valence-electron chi connectivity index (χ3n) is 2.86. The zero-order valence-corrected chi connectivity index (χ0v) is 11.1. The molecule has 0 spiro atoms. The normalized spacial score (nSPS) is 10.7. The number of nitrogens with one attached hydrogen (secondary N) is 1. The van der Waals surface area contributed by atoms with Gasteiger partial charge in [-0.2, -0.15) is 10.2 Å². The maximum atomic E-state index is 10.8. The molecule has 0 bridgehead atoms. The predicted octanol–water partition coefficient (Wildman–Crippen LogP) is 0.830. The Labute approximate surface area is 110 Å². The van der Waals surface area contributed by atoms with Crippen LogP contribution in [0.25, 0.3) is 11.3 Å². The molecule has 2 aromatic heterocycles. The minimum absolute atomic E-state index is 0.0403. The number of aromatic amines is 1. The number of H-pyrrole nitrogens is 1. The van der Waals surface area contributed by atoms with Crippen molar-refractivity contribution in [2.45, 2.75) is 27.3 Å². The van der Waals surface area contributed by atoms with Gasteiger partial charge < -0.3 is 9.90 Å². The number of hydrogen-bond donors (Lipinski definition) is 1. The lowest BCUT2D eigenvalue weighted by molar-refractivity contribution is -0.255. The summed E-state index contributed by atoms with van der Waals surface area (Å²) in [6.45, 7) is 10.2. The molecule has 0 aliphatic heterocycles. The van der Waals surface area contributed by atoms with Crippen molar-refractivity contribution in [3.63, 3.8) is 0 Å². The zero-order valence-electron chi connectivity index (χ0n) is 11.1. The molecule has 2 heterocycles.